The monoisotopic (exact) mass is 302 g/mol. The Morgan fingerprint density at radius 2 is 2.05 bits per heavy atom. The first-order valence-corrected chi connectivity index (χ1v) is 6.12. The van der Waals surface area contributed by atoms with Gasteiger partial charge in [0, 0.05) is 25.2 Å². The third-order valence-corrected chi connectivity index (χ3v) is 3.08. The minimum Gasteiger partial charge on any atom is -0.276 e. The standard InChI is InChI=1S/C13H14F4N4/c1-21-5-4-9(20-21)7-12(19-18)10-6-8(13(15,16)17)2-3-11(10)14/h2-6,12,19H,7,18H2,1H3. The molecule has 4 nitrogen and oxygen atoms in total. The van der Waals surface area contributed by atoms with Crippen LogP contribution >= 0.6 is 0 Å². The van der Waals surface area contributed by atoms with E-state index in [0.29, 0.717) is 11.8 Å². The molecule has 3 N–H and O–H groups in total. The summed E-state index contributed by atoms with van der Waals surface area (Å²) in [6.07, 6.45) is -2.67. The zero-order valence-corrected chi connectivity index (χ0v) is 11.2. The number of benzene rings is 1. The topological polar surface area (TPSA) is 55.9 Å². The molecule has 8 heteroatoms. The maximum Gasteiger partial charge on any atom is 0.416 e. The highest BCUT2D eigenvalue weighted by atomic mass is 19.4. The molecule has 21 heavy (non-hydrogen) atoms. The van der Waals surface area contributed by atoms with E-state index in [2.05, 4.69) is 10.5 Å². The van der Waals surface area contributed by atoms with E-state index in [1.807, 2.05) is 0 Å². The molecule has 0 bridgehead atoms. The molecule has 2 aromatic rings. The lowest BCUT2D eigenvalue weighted by Gasteiger charge is -2.18. The van der Waals surface area contributed by atoms with Crippen LogP contribution in [0.5, 0.6) is 0 Å². The fourth-order valence-electron chi connectivity index (χ4n) is 2.03. The SMILES string of the molecule is Cn1ccc(CC(NN)c2cc(C(F)(F)F)ccc2F)n1. The minimum atomic E-state index is -4.54. The quantitative estimate of drug-likeness (QED) is 0.518. The minimum absolute atomic E-state index is 0.141. The summed E-state index contributed by atoms with van der Waals surface area (Å²) >= 11 is 0. The first kappa shape index (κ1) is 15.5. The normalized spacial score (nSPS) is 13.4. The van der Waals surface area contributed by atoms with Gasteiger partial charge in [-0.25, -0.2) is 4.39 Å². The molecule has 0 radical (unpaired) electrons. The maximum absolute atomic E-state index is 13.8. The second-order valence-corrected chi connectivity index (χ2v) is 4.64. The summed E-state index contributed by atoms with van der Waals surface area (Å²) < 4.78 is 53.5. The van der Waals surface area contributed by atoms with Crippen molar-refractivity contribution in [2.75, 3.05) is 0 Å². The summed E-state index contributed by atoms with van der Waals surface area (Å²) in [5, 5.41) is 4.10. The summed E-state index contributed by atoms with van der Waals surface area (Å²) in [4.78, 5) is 0. The largest absolute Gasteiger partial charge is 0.416 e. The Morgan fingerprint density at radius 1 is 1.33 bits per heavy atom. The average Bonchev–Trinajstić information content (AvgIpc) is 2.81. The Bertz CT molecular complexity index is 621. The molecule has 2 rings (SSSR count). The first-order chi connectivity index (χ1) is 9.81. The van der Waals surface area contributed by atoms with E-state index in [4.69, 9.17) is 5.84 Å². The zero-order valence-electron chi connectivity index (χ0n) is 11.2. The van der Waals surface area contributed by atoms with Gasteiger partial charge in [-0.15, -0.1) is 0 Å². The summed E-state index contributed by atoms with van der Waals surface area (Å²) in [6, 6.07) is 3.15. The van der Waals surface area contributed by atoms with Crippen LogP contribution in [0.1, 0.15) is 22.9 Å². The van der Waals surface area contributed by atoms with Crippen molar-refractivity contribution < 1.29 is 17.6 Å². The number of hydrogen-bond acceptors (Lipinski definition) is 3. The number of rotatable bonds is 4. The molecular weight excluding hydrogens is 288 g/mol. The number of aryl methyl sites for hydroxylation is 1. The molecule has 0 spiro atoms. The van der Waals surface area contributed by atoms with Crippen molar-refractivity contribution in [3.05, 3.63) is 53.1 Å². The zero-order chi connectivity index (χ0) is 15.6. The van der Waals surface area contributed by atoms with Gasteiger partial charge in [0.15, 0.2) is 0 Å². The van der Waals surface area contributed by atoms with Crippen LogP contribution < -0.4 is 11.3 Å². The second kappa shape index (κ2) is 5.82. The van der Waals surface area contributed by atoms with Gasteiger partial charge in [-0.1, -0.05) is 0 Å². The van der Waals surface area contributed by atoms with Crippen molar-refractivity contribution in [3.63, 3.8) is 0 Å². The van der Waals surface area contributed by atoms with Crippen LogP contribution in [0.15, 0.2) is 30.5 Å². The van der Waals surface area contributed by atoms with Crippen LogP contribution in [-0.4, -0.2) is 9.78 Å². The van der Waals surface area contributed by atoms with Crippen molar-refractivity contribution in [2.24, 2.45) is 12.9 Å². The van der Waals surface area contributed by atoms with Gasteiger partial charge < -0.3 is 0 Å². The number of halogens is 4. The number of hydrazine groups is 1. The van der Waals surface area contributed by atoms with Crippen molar-refractivity contribution >= 4 is 0 Å². The van der Waals surface area contributed by atoms with E-state index in [1.165, 1.54) is 0 Å². The third kappa shape index (κ3) is 3.59. The van der Waals surface area contributed by atoms with Gasteiger partial charge in [-0.05, 0) is 24.3 Å². The summed E-state index contributed by atoms with van der Waals surface area (Å²) in [5.41, 5.74) is 1.88. The predicted molar refractivity (Wildman–Crippen MR) is 68.4 cm³/mol. The molecule has 1 heterocycles. The van der Waals surface area contributed by atoms with Gasteiger partial charge in [0.05, 0.1) is 17.3 Å². The van der Waals surface area contributed by atoms with Crippen LogP contribution in [0, 0.1) is 5.82 Å². The van der Waals surface area contributed by atoms with Gasteiger partial charge >= 0.3 is 6.18 Å². The van der Waals surface area contributed by atoms with E-state index in [-0.39, 0.29) is 12.0 Å². The Hall–Kier alpha value is -1.93. The molecule has 0 aliphatic heterocycles. The fourth-order valence-corrected chi connectivity index (χ4v) is 2.03. The molecule has 0 fully saturated rings. The summed E-state index contributed by atoms with van der Waals surface area (Å²) in [6.45, 7) is 0. The molecule has 1 aromatic carbocycles. The molecule has 0 saturated heterocycles. The number of hydrogen-bond donors (Lipinski definition) is 2. The molecule has 1 atom stereocenters. The smallest absolute Gasteiger partial charge is 0.276 e. The highest BCUT2D eigenvalue weighted by molar-refractivity contribution is 5.30. The summed E-state index contributed by atoms with van der Waals surface area (Å²) in [5.74, 6) is 4.61. The number of nitrogens with two attached hydrogens (primary N) is 1. The van der Waals surface area contributed by atoms with E-state index in [9.17, 15) is 17.6 Å². The molecule has 114 valence electrons. The predicted octanol–water partition coefficient (Wildman–Crippen LogP) is 2.33. The van der Waals surface area contributed by atoms with Gasteiger partial charge in [0.25, 0.3) is 0 Å². The lowest BCUT2D eigenvalue weighted by Crippen LogP contribution is -2.30. The van der Waals surface area contributed by atoms with Crippen molar-refractivity contribution in [1.82, 2.24) is 15.2 Å². The highest BCUT2D eigenvalue weighted by Crippen LogP contribution is 2.32. The molecule has 0 aliphatic carbocycles. The Kier molecular flexibility index (Phi) is 4.29. The van der Waals surface area contributed by atoms with Crippen LogP contribution in [-0.2, 0) is 19.6 Å². The molecule has 0 aliphatic rings. The highest BCUT2D eigenvalue weighted by Gasteiger charge is 2.32. The second-order valence-electron chi connectivity index (χ2n) is 4.64. The lowest BCUT2D eigenvalue weighted by atomic mass is 9.99. The third-order valence-electron chi connectivity index (χ3n) is 3.08. The van der Waals surface area contributed by atoms with Gasteiger partial charge in [0.1, 0.15) is 5.82 Å². The van der Waals surface area contributed by atoms with Crippen LogP contribution in [0.4, 0.5) is 17.6 Å². The first-order valence-electron chi connectivity index (χ1n) is 6.12. The Morgan fingerprint density at radius 3 is 2.57 bits per heavy atom. The number of nitrogens with one attached hydrogen (secondary N) is 1. The van der Waals surface area contributed by atoms with Crippen LogP contribution in [0.25, 0.3) is 0 Å². The van der Waals surface area contributed by atoms with Crippen LogP contribution in [0.2, 0.25) is 0 Å². The van der Waals surface area contributed by atoms with Crippen molar-refractivity contribution in [3.8, 4) is 0 Å². The number of aromatic nitrogens is 2. The molecule has 0 saturated carbocycles. The maximum atomic E-state index is 13.8. The molecule has 1 aromatic heterocycles. The lowest BCUT2D eigenvalue weighted by molar-refractivity contribution is -0.137. The van der Waals surface area contributed by atoms with E-state index in [0.717, 1.165) is 12.1 Å². The van der Waals surface area contributed by atoms with E-state index in [1.54, 1.807) is 24.0 Å². The molecular formula is C13H14F4N4. The average molecular weight is 302 g/mol. The van der Waals surface area contributed by atoms with E-state index >= 15 is 0 Å². The number of nitrogens with zero attached hydrogens (tertiary/aromatic N) is 2. The molecule has 1 unspecified atom stereocenters. The van der Waals surface area contributed by atoms with Crippen LogP contribution in [0.3, 0.4) is 0 Å². The number of alkyl halides is 3. The molecule has 0 amide bonds. The van der Waals surface area contributed by atoms with Gasteiger partial charge in [-0.2, -0.15) is 18.3 Å². The summed E-state index contributed by atoms with van der Waals surface area (Å²) in [7, 11) is 1.71. The van der Waals surface area contributed by atoms with E-state index < -0.39 is 23.6 Å². The van der Waals surface area contributed by atoms with Crippen molar-refractivity contribution in [1.29, 1.82) is 0 Å². The van der Waals surface area contributed by atoms with Crippen molar-refractivity contribution in [2.45, 2.75) is 18.6 Å². The van der Waals surface area contributed by atoms with Gasteiger partial charge in [0.2, 0.25) is 0 Å². The van der Waals surface area contributed by atoms with Gasteiger partial charge in [-0.3, -0.25) is 16.0 Å². The Labute approximate surface area is 118 Å². The Balaban J connectivity index is 2.33. The fraction of sp³-hybridized carbons (Fsp3) is 0.308.